The fraction of sp³-hybridized carbons (Fsp3) is 0.533. The Balaban J connectivity index is 1.97. The summed E-state index contributed by atoms with van der Waals surface area (Å²) in [6, 6.07) is 4.04. The van der Waals surface area contributed by atoms with E-state index in [1.807, 2.05) is 12.1 Å². The number of hydrogen-bond acceptors (Lipinski definition) is 3. The van der Waals surface area contributed by atoms with Gasteiger partial charge in [-0.15, -0.1) is 11.3 Å². The largest absolute Gasteiger partial charge is 0.348 e. The highest BCUT2D eigenvalue weighted by molar-refractivity contribution is 7.14. The van der Waals surface area contributed by atoms with Gasteiger partial charge in [0.05, 0.1) is 16.3 Å². The summed E-state index contributed by atoms with van der Waals surface area (Å²) in [6.45, 7) is 2.57. The van der Waals surface area contributed by atoms with Crippen LogP contribution in [0, 0.1) is 17.8 Å². The van der Waals surface area contributed by atoms with Crippen molar-refractivity contribution in [3.8, 4) is 11.8 Å². The maximum absolute atomic E-state index is 12.2. The lowest BCUT2D eigenvalue weighted by Gasteiger charge is -2.29. The summed E-state index contributed by atoms with van der Waals surface area (Å²) in [5.74, 6) is 6.37. The van der Waals surface area contributed by atoms with Crippen molar-refractivity contribution in [3.05, 3.63) is 21.9 Å². The third-order valence-corrected chi connectivity index (χ3v) is 4.57. The number of amides is 1. The van der Waals surface area contributed by atoms with Crippen LogP contribution in [0.25, 0.3) is 0 Å². The molecule has 2 atom stereocenters. The standard InChI is InChI=1S/C15H20N2OS/c1-11-5-2-3-7-13(11)17-15(18)14-9-8-12(19-14)6-4-10-16/h8-9,11,13H,2-3,5,7,10,16H2,1H3,(H,17,18). The van der Waals surface area contributed by atoms with Gasteiger partial charge >= 0.3 is 0 Å². The van der Waals surface area contributed by atoms with Gasteiger partial charge in [-0.1, -0.05) is 31.6 Å². The van der Waals surface area contributed by atoms with Gasteiger partial charge in [-0.05, 0) is 30.9 Å². The Morgan fingerprint density at radius 1 is 1.47 bits per heavy atom. The molecule has 0 bridgehead atoms. The molecule has 3 N–H and O–H groups in total. The Morgan fingerprint density at radius 2 is 2.26 bits per heavy atom. The second-order valence-corrected chi connectivity index (χ2v) is 6.10. The topological polar surface area (TPSA) is 55.1 Å². The predicted octanol–water partition coefficient (Wildman–Crippen LogP) is 2.37. The minimum Gasteiger partial charge on any atom is -0.348 e. The zero-order chi connectivity index (χ0) is 13.7. The van der Waals surface area contributed by atoms with Gasteiger partial charge < -0.3 is 11.1 Å². The third kappa shape index (κ3) is 3.82. The molecule has 0 aliphatic heterocycles. The van der Waals surface area contributed by atoms with Crippen LogP contribution in [0.4, 0.5) is 0 Å². The lowest BCUT2D eigenvalue weighted by atomic mass is 9.86. The van der Waals surface area contributed by atoms with E-state index in [4.69, 9.17) is 5.73 Å². The quantitative estimate of drug-likeness (QED) is 0.815. The zero-order valence-electron chi connectivity index (χ0n) is 11.2. The average molecular weight is 276 g/mol. The molecule has 19 heavy (non-hydrogen) atoms. The summed E-state index contributed by atoms with van der Waals surface area (Å²) in [4.78, 5) is 13.8. The second-order valence-electron chi connectivity index (χ2n) is 5.01. The van der Waals surface area contributed by atoms with E-state index in [0.29, 0.717) is 18.5 Å². The summed E-state index contributed by atoms with van der Waals surface area (Å²) in [5.41, 5.74) is 5.33. The molecule has 1 amide bonds. The van der Waals surface area contributed by atoms with Crippen molar-refractivity contribution in [2.24, 2.45) is 11.7 Å². The molecule has 1 saturated carbocycles. The highest BCUT2D eigenvalue weighted by Crippen LogP contribution is 2.24. The first-order chi connectivity index (χ1) is 9.20. The monoisotopic (exact) mass is 276 g/mol. The molecule has 0 aromatic carbocycles. The highest BCUT2D eigenvalue weighted by Gasteiger charge is 2.23. The van der Waals surface area contributed by atoms with Crippen molar-refractivity contribution >= 4 is 17.2 Å². The van der Waals surface area contributed by atoms with Crippen molar-refractivity contribution in [1.82, 2.24) is 5.32 Å². The number of nitrogens with one attached hydrogen (secondary N) is 1. The molecule has 4 heteroatoms. The summed E-state index contributed by atoms with van der Waals surface area (Å²) in [5, 5.41) is 3.15. The van der Waals surface area contributed by atoms with E-state index >= 15 is 0 Å². The molecule has 2 rings (SSSR count). The number of nitrogens with two attached hydrogens (primary N) is 1. The third-order valence-electron chi connectivity index (χ3n) is 3.57. The molecule has 1 heterocycles. The first-order valence-electron chi connectivity index (χ1n) is 6.80. The van der Waals surface area contributed by atoms with Crippen LogP contribution in [0.5, 0.6) is 0 Å². The van der Waals surface area contributed by atoms with Crippen molar-refractivity contribution < 1.29 is 4.79 Å². The zero-order valence-corrected chi connectivity index (χ0v) is 12.1. The molecule has 1 aliphatic rings. The molecular weight excluding hydrogens is 256 g/mol. The summed E-state index contributed by atoms with van der Waals surface area (Å²) in [7, 11) is 0. The molecular formula is C15H20N2OS. The van der Waals surface area contributed by atoms with Crippen LogP contribution >= 0.6 is 11.3 Å². The smallest absolute Gasteiger partial charge is 0.261 e. The Hall–Kier alpha value is -1.31. The fourth-order valence-corrected chi connectivity index (χ4v) is 3.22. The number of carbonyl (C=O) groups is 1. The van der Waals surface area contributed by atoms with Gasteiger partial charge in [0.25, 0.3) is 5.91 Å². The van der Waals surface area contributed by atoms with E-state index in [2.05, 4.69) is 24.1 Å². The molecule has 2 unspecified atom stereocenters. The summed E-state index contributed by atoms with van der Waals surface area (Å²) in [6.07, 6.45) is 4.80. The average Bonchev–Trinajstić information content (AvgIpc) is 2.88. The van der Waals surface area contributed by atoms with Crippen LogP contribution in [-0.2, 0) is 0 Å². The van der Waals surface area contributed by atoms with Crippen molar-refractivity contribution in [2.45, 2.75) is 38.6 Å². The maximum atomic E-state index is 12.2. The van der Waals surface area contributed by atoms with Crippen LogP contribution in [0.2, 0.25) is 0 Å². The van der Waals surface area contributed by atoms with Crippen molar-refractivity contribution in [1.29, 1.82) is 0 Å². The Labute approximate surface area is 118 Å². The van der Waals surface area contributed by atoms with Crippen LogP contribution in [0.3, 0.4) is 0 Å². The maximum Gasteiger partial charge on any atom is 0.261 e. The van der Waals surface area contributed by atoms with E-state index in [-0.39, 0.29) is 5.91 Å². The van der Waals surface area contributed by atoms with E-state index in [1.165, 1.54) is 30.6 Å². The number of hydrogen-bond donors (Lipinski definition) is 2. The minimum atomic E-state index is 0.0320. The van der Waals surface area contributed by atoms with Crippen LogP contribution < -0.4 is 11.1 Å². The number of rotatable bonds is 2. The van der Waals surface area contributed by atoms with Crippen molar-refractivity contribution in [3.63, 3.8) is 0 Å². The molecule has 1 aromatic heterocycles. The van der Waals surface area contributed by atoms with Crippen molar-refractivity contribution in [2.75, 3.05) is 6.54 Å². The van der Waals surface area contributed by atoms with Crippen LogP contribution in [0.15, 0.2) is 12.1 Å². The SMILES string of the molecule is CC1CCCCC1NC(=O)c1ccc(C#CCN)s1. The number of thiophene rings is 1. The van der Waals surface area contributed by atoms with Gasteiger partial charge in [0, 0.05) is 6.04 Å². The van der Waals surface area contributed by atoms with E-state index in [0.717, 1.165) is 16.2 Å². The van der Waals surface area contributed by atoms with Crippen LogP contribution in [0.1, 0.15) is 47.2 Å². The molecule has 0 saturated heterocycles. The lowest BCUT2D eigenvalue weighted by molar-refractivity contribution is 0.0914. The molecule has 1 fully saturated rings. The molecule has 0 radical (unpaired) electrons. The first-order valence-corrected chi connectivity index (χ1v) is 7.62. The molecule has 0 spiro atoms. The number of carbonyl (C=O) groups excluding carboxylic acids is 1. The van der Waals surface area contributed by atoms with Gasteiger partial charge in [0.15, 0.2) is 0 Å². The van der Waals surface area contributed by atoms with E-state index < -0.39 is 0 Å². The molecule has 1 aromatic rings. The van der Waals surface area contributed by atoms with Crippen LogP contribution in [-0.4, -0.2) is 18.5 Å². The Morgan fingerprint density at radius 3 is 3.00 bits per heavy atom. The highest BCUT2D eigenvalue weighted by atomic mass is 32.1. The summed E-state index contributed by atoms with van der Waals surface area (Å²) < 4.78 is 0. The van der Waals surface area contributed by atoms with Gasteiger partial charge in [-0.25, -0.2) is 0 Å². The fourth-order valence-electron chi connectivity index (χ4n) is 2.44. The molecule has 102 valence electrons. The van der Waals surface area contributed by atoms with Gasteiger partial charge in [0.1, 0.15) is 0 Å². The Kier molecular flexibility index (Phi) is 5.00. The normalized spacial score (nSPS) is 22.4. The molecule has 1 aliphatic carbocycles. The van der Waals surface area contributed by atoms with Gasteiger partial charge in [-0.2, -0.15) is 0 Å². The minimum absolute atomic E-state index is 0.0320. The molecule has 3 nitrogen and oxygen atoms in total. The predicted molar refractivity (Wildman–Crippen MR) is 79.1 cm³/mol. The van der Waals surface area contributed by atoms with E-state index in [9.17, 15) is 4.79 Å². The van der Waals surface area contributed by atoms with Gasteiger partial charge in [-0.3, -0.25) is 4.79 Å². The first kappa shape index (κ1) is 14.1. The summed E-state index contributed by atoms with van der Waals surface area (Å²) >= 11 is 1.43. The van der Waals surface area contributed by atoms with Gasteiger partial charge in [0.2, 0.25) is 0 Å². The lowest BCUT2D eigenvalue weighted by Crippen LogP contribution is -2.40. The van der Waals surface area contributed by atoms with E-state index in [1.54, 1.807) is 0 Å². The second kappa shape index (κ2) is 6.74. The Bertz CT molecular complexity index is 498.